The molecule has 1 aromatic carbocycles. The molecule has 0 radical (unpaired) electrons. The lowest BCUT2D eigenvalue weighted by Crippen LogP contribution is -2.05. The monoisotopic (exact) mass is 271 g/mol. The van der Waals surface area contributed by atoms with Crippen molar-refractivity contribution in [2.75, 3.05) is 17.2 Å². The summed E-state index contributed by atoms with van der Waals surface area (Å²) in [5, 5.41) is 15.0. The van der Waals surface area contributed by atoms with Crippen LogP contribution in [0.2, 0.25) is 0 Å². The largest absolute Gasteiger partial charge is 0.370 e. The third-order valence-corrected chi connectivity index (χ3v) is 2.58. The minimum atomic E-state index is -0.560. The van der Waals surface area contributed by atoms with Gasteiger partial charge in [0.25, 0.3) is 0 Å². The predicted octanol–water partition coefficient (Wildman–Crippen LogP) is 2.97. The van der Waals surface area contributed by atoms with Crippen molar-refractivity contribution in [1.29, 1.82) is 5.26 Å². The normalized spacial score (nSPS) is 9.90. The van der Waals surface area contributed by atoms with Crippen LogP contribution in [0.25, 0.3) is 0 Å². The first-order valence-corrected chi connectivity index (χ1v) is 6.19. The fourth-order valence-electron chi connectivity index (χ4n) is 1.78. The lowest BCUT2D eigenvalue weighted by atomic mass is 10.2. The average Bonchev–Trinajstić information content (AvgIpc) is 2.38. The highest BCUT2D eigenvalue weighted by molar-refractivity contribution is 5.66. The third kappa shape index (κ3) is 3.01. The average molecular weight is 271 g/mol. The molecule has 0 aliphatic heterocycles. The van der Waals surface area contributed by atoms with Crippen LogP contribution in [-0.4, -0.2) is 16.5 Å². The van der Waals surface area contributed by atoms with Crippen LogP contribution in [0.3, 0.4) is 0 Å². The van der Waals surface area contributed by atoms with Gasteiger partial charge in [-0.3, -0.25) is 0 Å². The summed E-state index contributed by atoms with van der Waals surface area (Å²) in [5.41, 5.74) is 0.349. The fraction of sp³-hybridized carbons (Fsp3) is 0.214. The Bertz CT molecular complexity index is 663. The van der Waals surface area contributed by atoms with Crippen molar-refractivity contribution in [3.63, 3.8) is 0 Å². The van der Waals surface area contributed by atoms with Crippen LogP contribution in [0.4, 0.5) is 21.7 Å². The van der Waals surface area contributed by atoms with Crippen LogP contribution in [0, 0.1) is 24.1 Å². The maximum Gasteiger partial charge on any atom is 0.143 e. The van der Waals surface area contributed by atoms with Gasteiger partial charge in [0.15, 0.2) is 0 Å². The van der Waals surface area contributed by atoms with Crippen molar-refractivity contribution < 1.29 is 4.39 Å². The Balaban J connectivity index is 2.35. The van der Waals surface area contributed by atoms with E-state index in [4.69, 9.17) is 5.26 Å². The molecule has 20 heavy (non-hydrogen) atoms. The summed E-state index contributed by atoms with van der Waals surface area (Å²) in [5.74, 6) is 1.21. The molecule has 0 amide bonds. The Labute approximate surface area is 116 Å². The molecule has 0 saturated carbocycles. The number of benzene rings is 1. The molecule has 0 aliphatic carbocycles. The molecule has 0 saturated heterocycles. The topological polar surface area (TPSA) is 73.6 Å². The second-order valence-corrected chi connectivity index (χ2v) is 4.12. The van der Waals surface area contributed by atoms with Crippen molar-refractivity contribution in [3.05, 3.63) is 41.5 Å². The molecule has 1 aromatic heterocycles. The van der Waals surface area contributed by atoms with E-state index in [1.807, 2.05) is 13.0 Å². The van der Waals surface area contributed by atoms with Crippen LogP contribution in [0.15, 0.2) is 24.3 Å². The van der Waals surface area contributed by atoms with Gasteiger partial charge < -0.3 is 10.6 Å². The van der Waals surface area contributed by atoms with Crippen molar-refractivity contribution in [3.8, 4) is 6.07 Å². The Morgan fingerprint density at radius 2 is 2.05 bits per heavy atom. The number of nitriles is 1. The molecule has 0 atom stereocenters. The van der Waals surface area contributed by atoms with E-state index in [1.54, 1.807) is 19.1 Å². The number of nitrogens with one attached hydrogen (secondary N) is 2. The van der Waals surface area contributed by atoms with E-state index in [2.05, 4.69) is 20.6 Å². The number of halogens is 1. The van der Waals surface area contributed by atoms with Crippen LogP contribution in [0.1, 0.15) is 18.3 Å². The van der Waals surface area contributed by atoms with Crippen LogP contribution in [0.5, 0.6) is 0 Å². The van der Waals surface area contributed by atoms with Gasteiger partial charge in [-0.05, 0) is 26.0 Å². The van der Waals surface area contributed by atoms with Crippen molar-refractivity contribution in [1.82, 2.24) is 9.97 Å². The summed E-state index contributed by atoms with van der Waals surface area (Å²) in [6, 6.07) is 7.97. The summed E-state index contributed by atoms with van der Waals surface area (Å²) < 4.78 is 13.5. The van der Waals surface area contributed by atoms with Gasteiger partial charge in [0.05, 0.1) is 5.69 Å². The van der Waals surface area contributed by atoms with Gasteiger partial charge in [-0.2, -0.15) is 5.26 Å². The second-order valence-electron chi connectivity index (χ2n) is 4.12. The van der Waals surface area contributed by atoms with Gasteiger partial charge in [0.2, 0.25) is 0 Å². The van der Waals surface area contributed by atoms with Gasteiger partial charge >= 0.3 is 0 Å². The summed E-state index contributed by atoms with van der Waals surface area (Å²) in [6.45, 7) is 4.47. The van der Waals surface area contributed by atoms with Crippen molar-refractivity contribution in [2.24, 2.45) is 0 Å². The zero-order chi connectivity index (χ0) is 14.5. The minimum absolute atomic E-state index is 0.0335. The highest BCUT2D eigenvalue weighted by Crippen LogP contribution is 2.22. The van der Waals surface area contributed by atoms with Gasteiger partial charge in [-0.1, -0.05) is 6.07 Å². The number of rotatable bonds is 4. The molecule has 5 nitrogen and oxygen atoms in total. The van der Waals surface area contributed by atoms with E-state index < -0.39 is 5.82 Å². The Kier molecular flexibility index (Phi) is 4.11. The first-order chi connectivity index (χ1) is 9.63. The summed E-state index contributed by atoms with van der Waals surface area (Å²) >= 11 is 0. The van der Waals surface area contributed by atoms with Crippen molar-refractivity contribution in [2.45, 2.75) is 13.8 Å². The van der Waals surface area contributed by atoms with Gasteiger partial charge in [0.1, 0.15) is 34.9 Å². The molecule has 2 rings (SSSR count). The van der Waals surface area contributed by atoms with Gasteiger partial charge in [0, 0.05) is 12.6 Å². The van der Waals surface area contributed by atoms with Crippen LogP contribution >= 0.6 is 0 Å². The molecular formula is C14H14FN5. The standard InChI is InChI=1S/C14H14FN5/c1-3-17-13-7-14(19-9(2)18-13)20-12-6-4-5-11(15)10(12)8-16/h4-7H,3H2,1-2H3,(H2,17,18,19,20). The molecule has 2 N–H and O–H groups in total. The molecule has 0 aliphatic rings. The van der Waals surface area contributed by atoms with Crippen molar-refractivity contribution >= 4 is 17.3 Å². The molecule has 6 heteroatoms. The summed E-state index contributed by atoms with van der Waals surface area (Å²) in [7, 11) is 0. The number of hydrogen-bond acceptors (Lipinski definition) is 5. The zero-order valence-electron chi connectivity index (χ0n) is 11.2. The molecular weight excluding hydrogens is 257 g/mol. The van der Waals surface area contributed by atoms with E-state index in [0.29, 0.717) is 23.1 Å². The second kappa shape index (κ2) is 5.97. The quantitative estimate of drug-likeness (QED) is 0.894. The minimum Gasteiger partial charge on any atom is -0.370 e. The fourth-order valence-corrected chi connectivity index (χ4v) is 1.78. The molecule has 0 bridgehead atoms. The molecule has 2 aromatic rings. The lowest BCUT2D eigenvalue weighted by molar-refractivity contribution is 0.624. The first-order valence-electron chi connectivity index (χ1n) is 6.19. The van der Waals surface area contributed by atoms with E-state index in [0.717, 1.165) is 6.54 Å². The van der Waals surface area contributed by atoms with E-state index >= 15 is 0 Å². The molecule has 0 spiro atoms. The lowest BCUT2D eigenvalue weighted by Gasteiger charge is -2.10. The third-order valence-electron chi connectivity index (χ3n) is 2.58. The number of hydrogen-bond donors (Lipinski definition) is 2. The summed E-state index contributed by atoms with van der Waals surface area (Å²) in [4.78, 5) is 8.45. The Morgan fingerprint density at radius 3 is 2.75 bits per heavy atom. The smallest absolute Gasteiger partial charge is 0.143 e. The Morgan fingerprint density at radius 1 is 1.30 bits per heavy atom. The first kappa shape index (κ1) is 13.7. The number of nitrogens with zero attached hydrogens (tertiary/aromatic N) is 3. The Hall–Kier alpha value is -2.68. The zero-order valence-corrected chi connectivity index (χ0v) is 11.2. The maximum absolute atomic E-state index is 13.5. The number of anilines is 3. The molecule has 0 unspecified atom stereocenters. The number of aromatic nitrogens is 2. The predicted molar refractivity (Wildman–Crippen MR) is 75.3 cm³/mol. The van der Waals surface area contributed by atoms with Gasteiger partial charge in [-0.15, -0.1) is 0 Å². The SMILES string of the molecule is CCNc1cc(Nc2cccc(F)c2C#N)nc(C)n1. The van der Waals surface area contributed by atoms with E-state index in [9.17, 15) is 4.39 Å². The maximum atomic E-state index is 13.5. The highest BCUT2D eigenvalue weighted by atomic mass is 19.1. The number of aryl methyl sites for hydroxylation is 1. The summed E-state index contributed by atoms with van der Waals surface area (Å²) in [6.07, 6.45) is 0. The molecule has 0 fully saturated rings. The van der Waals surface area contributed by atoms with E-state index in [1.165, 1.54) is 12.1 Å². The molecule has 102 valence electrons. The van der Waals surface area contributed by atoms with Gasteiger partial charge in [-0.25, -0.2) is 14.4 Å². The highest BCUT2D eigenvalue weighted by Gasteiger charge is 2.09. The van der Waals surface area contributed by atoms with Crippen LogP contribution in [-0.2, 0) is 0 Å². The molecule has 1 heterocycles. The van der Waals surface area contributed by atoms with Crippen LogP contribution < -0.4 is 10.6 Å². The van der Waals surface area contributed by atoms with E-state index in [-0.39, 0.29) is 5.56 Å².